The van der Waals surface area contributed by atoms with Crippen molar-refractivity contribution in [3.8, 4) is 0 Å². The van der Waals surface area contributed by atoms with Crippen LogP contribution in [0.3, 0.4) is 0 Å². The molecule has 0 fully saturated rings. The third kappa shape index (κ3) is 15.3. The summed E-state index contributed by atoms with van der Waals surface area (Å²) in [7, 11) is 0. The Morgan fingerprint density at radius 1 is 0.909 bits per heavy atom. The van der Waals surface area contributed by atoms with Gasteiger partial charge in [0.25, 0.3) is 0 Å². The minimum absolute atomic E-state index is 0.0180. The van der Waals surface area contributed by atoms with E-state index in [4.69, 9.17) is 4.74 Å². The molecule has 0 atom stereocenters. The van der Waals surface area contributed by atoms with Crippen molar-refractivity contribution in [2.24, 2.45) is 0 Å². The van der Waals surface area contributed by atoms with Crippen molar-refractivity contribution in [2.75, 3.05) is 6.61 Å². The van der Waals surface area contributed by atoms with Crippen LogP contribution in [0.15, 0.2) is 23.8 Å². The number of unbranched alkanes of at least 4 members (excludes halogenated alkanes) is 6. The summed E-state index contributed by atoms with van der Waals surface area (Å²) in [4.78, 5) is 11.6. The van der Waals surface area contributed by atoms with Gasteiger partial charge in [-0.25, -0.2) is 0 Å². The summed E-state index contributed by atoms with van der Waals surface area (Å²) in [6.07, 6.45) is 18.5. The van der Waals surface area contributed by atoms with E-state index in [0.717, 1.165) is 38.5 Å². The van der Waals surface area contributed by atoms with Crippen LogP contribution >= 0.6 is 0 Å². The van der Waals surface area contributed by atoms with Gasteiger partial charge in [0, 0.05) is 6.42 Å². The maximum Gasteiger partial charge on any atom is 0.305 e. The number of hydrogen-bond donors (Lipinski definition) is 0. The number of carbonyl (C=O) groups is 1. The maximum absolute atomic E-state index is 11.6. The molecule has 0 spiro atoms. The predicted octanol–water partition coefficient (Wildman–Crippen LogP) is 6.36. The molecule has 0 unspecified atom stereocenters. The average molecular weight is 309 g/mol. The fraction of sp³-hybridized carbons (Fsp3) is 0.750. The first kappa shape index (κ1) is 20.9. The van der Waals surface area contributed by atoms with Crippen molar-refractivity contribution in [2.45, 2.75) is 91.4 Å². The zero-order chi connectivity index (χ0) is 16.5. The van der Waals surface area contributed by atoms with Gasteiger partial charge in [-0.3, -0.25) is 4.79 Å². The summed E-state index contributed by atoms with van der Waals surface area (Å²) in [5.41, 5.74) is 1.46. The summed E-state index contributed by atoms with van der Waals surface area (Å²) in [5, 5.41) is 0. The first-order valence-corrected chi connectivity index (χ1v) is 9.13. The minimum atomic E-state index is -0.0180. The van der Waals surface area contributed by atoms with Crippen LogP contribution in [0.1, 0.15) is 91.4 Å². The lowest BCUT2D eigenvalue weighted by Crippen LogP contribution is -2.05. The maximum atomic E-state index is 11.6. The number of hydrogen-bond acceptors (Lipinski definition) is 2. The third-order valence-electron chi connectivity index (χ3n) is 3.88. The molecule has 0 heterocycles. The van der Waals surface area contributed by atoms with Gasteiger partial charge in [0.15, 0.2) is 0 Å². The van der Waals surface area contributed by atoms with E-state index >= 15 is 0 Å². The first-order chi connectivity index (χ1) is 10.7. The number of rotatable bonds is 14. The van der Waals surface area contributed by atoms with Crippen molar-refractivity contribution in [3.05, 3.63) is 23.8 Å². The van der Waals surface area contributed by atoms with Crippen molar-refractivity contribution in [3.63, 3.8) is 0 Å². The Morgan fingerprint density at radius 3 is 2.27 bits per heavy atom. The van der Waals surface area contributed by atoms with Crippen molar-refractivity contribution in [1.29, 1.82) is 0 Å². The molecule has 0 bridgehead atoms. The SMILES string of the molecule is C/C=C(/C)CCCCCCC(=O)OCCCCC/C=C\CC. The molecular weight excluding hydrogens is 272 g/mol. The van der Waals surface area contributed by atoms with Crippen molar-refractivity contribution >= 4 is 5.97 Å². The Labute approximate surface area is 138 Å². The summed E-state index contributed by atoms with van der Waals surface area (Å²) in [5.74, 6) is -0.0180. The highest BCUT2D eigenvalue weighted by molar-refractivity contribution is 5.69. The van der Waals surface area contributed by atoms with Gasteiger partial charge in [-0.1, -0.05) is 43.6 Å². The molecule has 0 aliphatic rings. The van der Waals surface area contributed by atoms with E-state index < -0.39 is 0 Å². The molecule has 22 heavy (non-hydrogen) atoms. The molecular formula is C20H36O2. The van der Waals surface area contributed by atoms with Crippen molar-refractivity contribution in [1.82, 2.24) is 0 Å². The molecule has 0 rings (SSSR count). The Balaban J connectivity index is 3.28. The first-order valence-electron chi connectivity index (χ1n) is 9.13. The van der Waals surface area contributed by atoms with Crippen molar-refractivity contribution < 1.29 is 9.53 Å². The molecule has 0 aromatic rings. The van der Waals surface area contributed by atoms with Gasteiger partial charge < -0.3 is 4.74 Å². The Bertz CT molecular complexity index is 316. The molecule has 0 N–H and O–H groups in total. The van der Waals surface area contributed by atoms with Gasteiger partial charge in [0.2, 0.25) is 0 Å². The second-order valence-corrected chi connectivity index (χ2v) is 6.00. The van der Waals surface area contributed by atoms with E-state index in [2.05, 4.69) is 39.0 Å². The van der Waals surface area contributed by atoms with E-state index in [-0.39, 0.29) is 5.97 Å². The lowest BCUT2D eigenvalue weighted by Gasteiger charge is -2.05. The zero-order valence-electron chi connectivity index (χ0n) is 15.0. The highest BCUT2D eigenvalue weighted by atomic mass is 16.5. The number of esters is 1. The van der Waals surface area contributed by atoms with Crippen LogP contribution in [0.25, 0.3) is 0 Å². The van der Waals surface area contributed by atoms with Gasteiger partial charge in [-0.15, -0.1) is 0 Å². The van der Waals surface area contributed by atoms with E-state index in [1.165, 1.54) is 31.3 Å². The Hall–Kier alpha value is -1.05. The van der Waals surface area contributed by atoms with E-state index in [1.807, 2.05) is 0 Å². The van der Waals surface area contributed by atoms with E-state index in [1.54, 1.807) is 0 Å². The molecule has 0 aromatic heterocycles. The van der Waals surface area contributed by atoms with Crippen LogP contribution in [-0.2, 0) is 9.53 Å². The highest BCUT2D eigenvalue weighted by Crippen LogP contribution is 2.11. The topological polar surface area (TPSA) is 26.3 Å². The summed E-state index contributed by atoms with van der Waals surface area (Å²) >= 11 is 0. The Morgan fingerprint density at radius 2 is 1.59 bits per heavy atom. The molecule has 128 valence electrons. The number of allylic oxidation sites excluding steroid dienone is 4. The van der Waals surface area contributed by atoms with Crippen LogP contribution in [0, 0.1) is 0 Å². The molecule has 0 saturated heterocycles. The molecule has 0 aliphatic heterocycles. The van der Waals surface area contributed by atoms with Crippen LogP contribution in [0.5, 0.6) is 0 Å². The summed E-state index contributed by atoms with van der Waals surface area (Å²) in [6.45, 7) is 7.01. The molecule has 0 radical (unpaired) electrons. The zero-order valence-corrected chi connectivity index (χ0v) is 15.0. The normalized spacial score (nSPS) is 12.0. The lowest BCUT2D eigenvalue weighted by molar-refractivity contribution is -0.143. The smallest absolute Gasteiger partial charge is 0.305 e. The molecule has 0 saturated carbocycles. The lowest BCUT2D eigenvalue weighted by atomic mass is 10.1. The highest BCUT2D eigenvalue weighted by Gasteiger charge is 2.02. The molecule has 0 aromatic carbocycles. The average Bonchev–Trinajstić information content (AvgIpc) is 2.52. The summed E-state index contributed by atoms with van der Waals surface area (Å²) < 4.78 is 5.27. The largest absolute Gasteiger partial charge is 0.466 e. The summed E-state index contributed by atoms with van der Waals surface area (Å²) in [6, 6.07) is 0. The predicted molar refractivity (Wildman–Crippen MR) is 96.0 cm³/mol. The second kappa shape index (κ2) is 16.3. The minimum Gasteiger partial charge on any atom is -0.466 e. The van der Waals surface area contributed by atoms with Crippen LogP contribution in [0.4, 0.5) is 0 Å². The molecule has 2 nitrogen and oxygen atoms in total. The van der Waals surface area contributed by atoms with Gasteiger partial charge in [-0.05, 0) is 65.2 Å². The number of ether oxygens (including phenoxy) is 1. The van der Waals surface area contributed by atoms with Crippen LogP contribution in [-0.4, -0.2) is 12.6 Å². The van der Waals surface area contributed by atoms with E-state index in [9.17, 15) is 4.79 Å². The van der Waals surface area contributed by atoms with Gasteiger partial charge >= 0.3 is 5.97 Å². The van der Waals surface area contributed by atoms with Gasteiger partial charge in [0.05, 0.1) is 6.61 Å². The quantitative estimate of drug-likeness (QED) is 0.212. The van der Waals surface area contributed by atoms with Crippen LogP contribution < -0.4 is 0 Å². The monoisotopic (exact) mass is 308 g/mol. The number of carbonyl (C=O) groups excluding carboxylic acids is 1. The molecule has 2 heteroatoms. The molecule has 0 aliphatic carbocycles. The fourth-order valence-corrected chi connectivity index (χ4v) is 2.25. The second-order valence-electron chi connectivity index (χ2n) is 6.00. The third-order valence-corrected chi connectivity index (χ3v) is 3.88. The Kier molecular flexibility index (Phi) is 15.5. The molecule has 0 amide bonds. The van der Waals surface area contributed by atoms with Gasteiger partial charge in [-0.2, -0.15) is 0 Å². The fourth-order valence-electron chi connectivity index (χ4n) is 2.25. The van der Waals surface area contributed by atoms with Gasteiger partial charge in [0.1, 0.15) is 0 Å². The van der Waals surface area contributed by atoms with Crippen LogP contribution in [0.2, 0.25) is 0 Å². The standard InChI is InChI=1S/C20H36O2/c1-4-6-7-8-9-12-15-18-22-20(21)17-14-11-10-13-16-19(3)5-2/h5-7H,4,8-18H2,1-3H3/b7-6-,19-5-. The van der Waals surface area contributed by atoms with E-state index in [0.29, 0.717) is 13.0 Å².